The lowest BCUT2D eigenvalue weighted by Gasteiger charge is -2.03. The van der Waals surface area contributed by atoms with Crippen LogP contribution in [0.1, 0.15) is 37.9 Å². The zero-order chi connectivity index (χ0) is 14.3. The molecule has 0 fully saturated rings. The quantitative estimate of drug-likeness (QED) is 0.480. The van der Waals surface area contributed by atoms with Gasteiger partial charge in [0.05, 0.1) is 30.4 Å². The molecule has 0 amide bonds. The summed E-state index contributed by atoms with van der Waals surface area (Å²) in [7, 11) is 0. The minimum absolute atomic E-state index is 0.388. The molecule has 0 aliphatic heterocycles. The summed E-state index contributed by atoms with van der Waals surface area (Å²) >= 11 is 0. The highest BCUT2D eigenvalue weighted by atomic mass is 15.1. The van der Waals surface area contributed by atoms with Crippen LogP contribution in [0.25, 0.3) is 0 Å². The number of nitrogens with one attached hydrogen (secondary N) is 1. The van der Waals surface area contributed by atoms with E-state index in [-0.39, 0.29) is 0 Å². The highest BCUT2D eigenvalue weighted by molar-refractivity contribution is 5.85. The fourth-order valence-corrected chi connectivity index (χ4v) is 1.60. The van der Waals surface area contributed by atoms with Gasteiger partial charge in [-0.15, -0.1) is 6.42 Å². The normalized spacial score (nSPS) is 13.2. The maximum absolute atomic E-state index is 5.41. The molecule has 0 aromatic carbocycles. The maximum Gasteiger partial charge on any atom is 0.0856 e. The predicted molar refractivity (Wildman–Crippen MR) is 79.1 cm³/mol. The number of nitrogens with zero attached hydrogens (tertiary/aromatic N) is 3. The Kier molecular flexibility index (Phi) is 5.55. The first kappa shape index (κ1) is 14.7. The Labute approximate surface area is 113 Å². The zero-order valence-electron chi connectivity index (χ0n) is 11.5. The van der Waals surface area contributed by atoms with E-state index >= 15 is 0 Å². The summed E-state index contributed by atoms with van der Waals surface area (Å²) in [6.07, 6.45) is 10.1. The van der Waals surface area contributed by atoms with Gasteiger partial charge in [0, 0.05) is 17.5 Å². The largest absolute Gasteiger partial charge is 0.390 e. The Morgan fingerprint density at radius 2 is 2.37 bits per heavy atom. The van der Waals surface area contributed by atoms with Crippen LogP contribution in [0.5, 0.6) is 0 Å². The number of aromatic amines is 1. The molecular formula is C14H19N5. The van der Waals surface area contributed by atoms with E-state index in [9.17, 15) is 0 Å². The molecule has 5 nitrogen and oxygen atoms in total. The van der Waals surface area contributed by atoms with Crippen LogP contribution in [0.15, 0.2) is 27.5 Å². The fraction of sp³-hybridized carbons (Fsp3) is 0.357. The minimum atomic E-state index is 0.388. The standard InChI is InChI=1S/C14H19N5/c1-5-12(11(4)17-9-15)6-16-7-13-8-18-19-14(13)10(2)3/h1,6,8-10H,7H2,2-4H3,(H2,15,17)(H,18,19)/b12-11-,16-6?. The van der Waals surface area contributed by atoms with Gasteiger partial charge in [-0.2, -0.15) is 5.10 Å². The molecule has 0 saturated carbocycles. The maximum atomic E-state index is 5.41. The third kappa shape index (κ3) is 4.11. The van der Waals surface area contributed by atoms with Gasteiger partial charge in [-0.3, -0.25) is 10.1 Å². The molecular weight excluding hydrogens is 238 g/mol. The first-order valence-corrected chi connectivity index (χ1v) is 6.03. The third-order valence-electron chi connectivity index (χ3n) is 2.62. The van der Waals surface area contributed by atoms with Crippen molar-refractivity contribution in [1.29, 1.82) is 0 Å². The summed E-state index contributed by atoms with van der Waals surface area (Å²) in [6.45, 7) is 6.54. The van der Waals surface area contributed by atoms with E-state index in [4.69, 9.17) is 12.2 Å². The lowest BCUT2D eigenvalue weighted by Crippen LogP contribution is -1.95. The lowest BCUT2D eigenvalue weighted by atomic mass is 10.1. The van der Waals surface area contributed by atoms with Gasteiger partial charge < -0.3 is 5.73 Å². The van der Waals surface area contributed by atoms with Gasteiger partial charge in [0.25, 0.3) is 0 Å². The zero-order valence-corrected chi connectivity index (χ0v) is 11.5. The second-order valence-corrected chi connectivity index (χ2v) is 4.35. The van der Waals surface area contributed by atoms with Crippen molar-refractivity contribution in [3.8, 4) is 12.3 Å². The summed E-state index contributed by atoms with van der Waals surface area (Å²) in [5.41, 5.74) is 8.69. The molecule has 5 heteroatoms. The molecule has 0 radical (unpaired) electrons. The Bertz CT molecular complexity index is 540. The lowest BCUT2D eigenvalue weighted by molar-refractivity contribution is 0.795. The molecule has 0 aliphatic carbocycles. The minimum Gasteiger partial charge on any atom is -0.390 e. The van der Waals surface area contributed by atoms with Crippen LogP contribution in [-0.4, -0.2) is 22.8 Å². The predicted octanol–water partition coefficient (Wildman–Crippen LogP) is 2.00. The molecule has 1 aromatic rings. The van der Waals surface area contributed by atoms with Gasteiger partial charge in [0.15, 0.2) is 0 Å². The van der Waals surface area contributed by atoms with E-state index in [1.54, 1.807) is 19.3 Å². The van der Waals surface area contributed by atoms with Crippen LogP contribution < -0.4 is 5.73 Å². The van der Waals surface area contributed by atoms with Crippen LogP contribution in [0.2, 0.25) is 0 Å². The number of aliphatic imine (C=N–C) groups is 2. The van der Waals surface area contributed by atoms with Crippen molar-refractivity contribution >= 4 is 12.6 Å². The number of rotatable bonds is 5. The van der Waals surface area contributed by atoms with Gasteiger partial charge in [-0.05, 0) is 12.8 Å². The van der Waals surface area contributed by atoms with Crippen molar-refractivity contribution in [3.63, 3.8) is 0 Å². The van der Waals surface area contributed by atoms with Gasteiger partial charge in [0.2, 0.25) is 0 Å². The third-order valence-corrected chi connectivity index (χ3v) is 2.62. The van der Waals surface area contributed by atoms with Crippen molar-refractivity contribution in [2.24, 2.45) is 15.7 Å². The van der Waals surface area contributed by atoms with E-state index in [1.807, 2.05) is 0 Å². The summed E-state index contributed by atoms with van der Waals surface area (Å²) in [6, 6.07) is 0. The first-order valence-electron chi connectivity index (χ1n) is 6.03. The summed E-state index contributed by atoms with van der Waals surface area (Å²) < 4.78 is 0. The van der Waals surface area contributed by atoms with Gasteiger partial charge >= 0.3 is 0 Å². The molecule has 1 rings (SSSR count). The van der Waals surface area contributed by atoms with E-state index in [2.05, 4.69) is 40.0 Å². The number of hydrogen-bond donors (Lipinski definition) is 2. The van der Waals surface area contributed by atoms with Crippen LogP contribution in [0, 0.1) is 12.3 Å². The second kappa shape index (κ2) is 7.17. The first-order chi connectivity index (χ1) is 9.10. The molecule has 19 heavy (non-hydrogen) atoms. The smallest absolute Gasteiger partial charge is 0.0856 e. The van der Waals surface area contributed by atoms with Gasteiger partial charge in [-0.1, -0.05) is 19.8 Å². The van der Waals surface area contributed by atoms with Crippen LogP contribution in [0.4, 0.5) is 0 Å². The summed E-state index contributed by atoms with van der Waals surface area (Å²) in [5, 5.41) is 7.02. The second-order valence-electron chi connectivity index (χ2n) is 4.35. The van der Waals surface area contributed by atoms with Crippen molar-refractivity contribution in [3.05, 3.63) is 28.7 Å². The SMILES string of the molecule is C#C/C(C=NCc1cn[nH]c1C(C)C)=C(\C)N=CN. The summed E-state index contributed by atoms with van der Waals surface area (Å²) in [4.78, 5) is 8.27. The Morgan fingerprint density at radius 3 is 2.95 bits per heavy atom. The molecule has 100 valence electrons. The fourth-order valence-electron chi connectivity index (χ4n) is 1.60. The highest BCUT2D eigenvalue weighted by Crippen LogP contribution is 2.16. The number of hydrogen-bond acceptors (Lipinski definition) is 3. The number of aromatic nitrogens is 2. The van der Waals surface area contributed by atoms with Crippen LogP contribution >= 0.6 is 0 Å². The average Bonchev–Trinajstić information content (AvgIpc) is 2.83. The van der Waals surface area contributed by atoms with E-state index in [1.165, 1.54) is 6.34 Å². The number of allylic oxidation sites excluding steroid dienone is 2. The van der Waals surface area contributed by atoms with E-state index < -0.39 is 0 Å². The number of terminal acetylenes is 1. The molecule has 0 aliphatic rings. The molecule has 0 spiro atoms. The molecule has 1 aromatic heterocycles. The Hall–Kier alpha value is -2.35. The number of nitrogens with two attached hydrogens (primary N) is 1. The molecule has 0 unspecified atom stereocenters. The van der Waals surface area contributed by atoms with Crippen molar-refractivity contribution < 1.29 is 0 Å². The van der Waals surface area contributed by atoms with E-state index in [0.717, 1.165) is 11.3 Å². The van der Waals surface area contributed by atoms with Crippen molar-refractivity contribution in [2.45, 2.75) is 33.2 Å². The molecule has 1 heterocycles. The van der Waals surface area contributed by atoms with E-state index in [0.29, 0.717) is 23.7 Å². The highest BCUT2D eigenvalue weighted by Gasteiger charge is 2.07. The monoisotopic (exact) mass is 257 g/mol. The topological polar surface area (TPSA) is 79.4 Å². The molecule has 0 bridgehead atoms. The Balaban J connectivity index is 2.81. The molecule has 0 saturated heterocycles. The van der Waals surface area contributed by atoms with Crippen molar-refractivity contribution in [1.82, 2.24) is 10.2 Å². The van der Waals surface area contributed by atoms with Crippen LogP contribution in [0.3, 0.4) is 0 Å². The summed E-state index contributed by atoms with van der Waals surface area (Å²) in [5.74, 6) is 2.93. The van der Waals surface area contributed by atoms with Crippen LogP contribution in [-0.2, 0) is 6.54 Å². The van der Waals surface area contributed by atoms with Gasteiger partial charge in [-0.25, -0.2) is 4.99 Å². The van der Waals surface area contributed by atoms with Crippen molar-refractivity contribution in [2.75, 3.05) is 0 Å². The molecule has 0 atom stereocenters. The van der Waals surface area contributed by atoms with Gasteiger partial charge in [0.1, 0.15) is 0 Å². The average molecular weight is 257 g/mol. The Morgan fingerprint density at radius 1 is 1.63 bits per heavy atom. The molecule has 3 N–H and O–H groups in total. The number of H-pyrrole nitrogens is 1.